The monoisotopic (exact) mass is 279 g/mol. The molecule has 1 N–H and O–H groups in total. The van der Waals surface area contributed by atoms with Gasteiger partial charge in [-0.05, 0) is 60.3 Å². The largest absolute Gasteiger partial charge is 0.314 e. The highest BCUT2D eigenvalue weighted by atomic mass is 32.1. The average Bonchev–Trinajstić information content (AvgIpc) is 3.00. The second-order valence-electron chi connectivity index (χ2n) is 4.52. The molecule has 0 bridgehead atoms. The Kier molecular flexibility index (Phi) is 5.42. The first-order chi connectivity index (χ1) is 8.81. The van der Waals surface area contributed by atoms with Gasteiger partial charge in [0.2, 0.25) is 0 Å². The average molecular weight is 279 g/mol. The molecule has 3 heteroatoms. The van der Waals surface area contributed by atoms with E-state index in [0.717, 1.165) is 25.8 Å². The first kappa shape index (κ1) is 13.8. The summed E-state index contributed by atoms with van der Waals surface area (Å²) in [6.45, 7) is 5.45. The third kappa shape index (κ3) is 3.94. The molecule has 98 valence electrons. The second kappa shape index (κ2) is 7.07. The minimum Gasteiger partial charge on any atom is -0.314 e. The molecule has 1 unspecified atom stereocenters. The number of hydrogen-bond acceptors (Lipinski definition) is 3. The molecule has 1 atom stereocenters. The first-order valence-corrected chi connectivity index (χ1v) is 8.39. The van der Waals surface area contributed by atoms with E-state index in [1.165, 1.54) is 15.3 Å². The lowest BCUT2D eigenvalue weighted by Crippen LogP contribution is -2.32. The second-order valence-corrected chi connectivity index (χ2v) is 6.55. The first-order valence-electron chi connectivity index (χ1n) is 6.63. The van der Waals surface area contributed by atoms with E-state index >= 15 is 0 Å². The quantitative estimate of drug-likeness (QED) is 0.803. The normalized spacial score (nSPS) is 12.8. The summed E-state index contributed by atoms with van der Waals surface area (Å²) in [5.41, 5.74) is 1.46. The Morgan fingerprint density at radius 2 is 1.94 bits per heavy atom. The molecule has 2 rings (SSSR count). The number of nitrogens with one attached hydrogen (secondary N) is 1. The molecule has 0 aromatic carbocycles. The van der Waals surface area contributed by atoms with Gasteiger partial charge in [0.1, 0.15) is 0 Å². The van der Waals surface area contributed by atoms with Gasteiger partial charge in [0.15, 0.2) is 0 Å². The molecule has 0 aliphatic rings. The summed E-state index contributed by atoms with van der Waals surface area (Å²) < 4.78 is 0. The van der Waals surface area contributed by atoms with Crippen LogP contribution < -0.4 is 5.32 Å². The standard InChI is InChI=1S/C15H21NS2/c1-3-14-5-6-15(18-14)10-13(16-4-2)9-12-7-8-17-11-12/h5-8,11,13,16H,3-4,9-10H2,1-2H3. The Balaban J connectivity index is 1.97. The molecular formula is C15H21NS2. The lowest BCUT2D eigenvalue weighted by atomic mass is 10.1. The molecular weight excluding hydrogens is 258 g/mol. The fraction of sp³-hybridized carbons (Fsp3) is 0.467. The minimum atomic E-state index is 0.563. The van der Waals surface area contributed by atoms with Crippen molar-refractivity contribution in [1.82, 2.24) is 5.32 Å². The molecule has 0 radical (unpaired) electrons. The molecule has 2 aromatic rings. The van der Waals surface area contributed by atoms with Crippen molar-refractivity contribution in [2.24, 2.45) is 0 Å². The SMILES string of the molecule is CCNC(Cc1ccsc1)Cc1ccc(CC)s1. The lowest BCUT2D eigenvalue weighted by Gasteiger charge is -2.16. The topological polar surface area (TPSA) is 12.0 Å². The van der Waals surface area contributed by atoms with Crippen LogP contribution in [0.4, 0.5) is 0 Å². The van der Waals surface area contributed by atoms with E-state index in [4.69, 9.17) is 0 Å². The number of hydrogen-bond donors (Lipinski definition) is 1. The zero-order valence-electron chi connectivity index (χ0n) is 11.1. The van der Waals surface area contributed by atoms with Crippen molar-refractivity contribution < 1.29 is 0 Å². The van der Waals surface area contributed by atoms with Gasteiger partial charge in [0.05, 0.1) is 0 Å². The van der Waals surface area contributed by atoms with Crippen molar-refractivity contribution in [3.63, 3.8) is 0 Å². The summed E-state index contributed by atoms with van der Waals surface area (Å²) >= 11 is 3.75. The molecule has 0 aliphatic heterocycles. The summed E-state index contributed by atoms with van der Waals surface area (Å²) in [6, 6.07) is 7.36. The molecule has 0 aliphatic carbocycles. The minimum absolute atomic E-state index is 0.563. The Hall–Kier alpha value is -0.640. The summed E-state index contributed by atoms with van der Waals surface area (Å²) in [5.74, 6) is 0. The number of aryl methyl sites for hydroxylation is 1. The van der Waals surface area contributed by atoms with Crippen molar-refractivity contribution in [3.8, 4) is 0 Å². The fourth-order valence-corrected chi connectivity index (χ4v) is 3.88. The molecule has 2 heterocycles. The van der Waals surface area contributed by atoms with Crippen molar-refractivity contribution in [3.05, 3.63) is 44.3 Å². The van der Waals surface area contributed by atoms with Gasteiger partial charge in [0.25, 0.3) is 0 Å². The predicted octanol–water partition coefficient (Wildman–Crippen LogP) is 4.14. The van der Waals surface area contributed by atoms with Crippen molar-refractivity contribution in [2.45, 2.75) is 39.2 Å². The van der Waals surface area contributed by atoms with Crippen LogP contribution in [0.5, 0.6) is 0 Å². The highest BCUT2D eigenvalue weighted by molar-refractivity contribution is 7.12. The fourth-order valence-electron chi connectivity index (χ4n) is 2.16. The van der Waals surface area contributed by atoms with Crippen LogP contribution >= 0.6 is 22.7 Å². The van der Waals surface area contributed by atoms with Gasteiger partial charge in [0, 0.05) is 15.8 Å². The maximum Gasteiger partial charge on any atom is 0.0156 e. The zero-order chi connectivity index (χ0) is 12.8. The number of thiophene rings is 2. The third-order valence-electron chi connectivity index (χ3n) is 3.07. The van der Waals surface area contributed by atoms with Crippen LogP contribution in [0.25, 0.3) is 0 Å². The van der Waals surface area contributed by atoms with Crippen molar-refractivity contribution >= 4 is 22.7 Å². The Morgan fingerprint density at radius 1 is 1.11 bits per heavy atom. The van der Waals surface area contributed by atoms with Gasteiger partial charge in [-0.25, -0.2) is 0 Å². The zero-order valence-corrected chi connectivity index (χ0v) is 12.7. The van der Waals surface area contributed by atoms with E-state index < -0.39 is 0 Å². The van der Waals surface area contributed by atoms with Gasteiger partial charge in [-0.2, -0.15) is 11.3 Å². The summed E-state index contributed by atoms with van der Waals surface area (Å²) in [7, 11) is 0. The van der Waals surface area contributed by atoms with Gasteiger partial charge in [-0.3, -0.25) is 0 Å². The van der Waals surface area contributed by atoms with Crippen molar-refractivity contribution in [2.75, 3.05) is 6.54 Å². The van der Waals surface area contributed by atoms with E-state index in [9.17, 15) is 0 Å². The Labute approximate surface area is 118 Å². The third-order valence-corrected chi connectivity index (χ3v) is 5.05. The van der Waals surface area contributed by atoms with E-state index in [2.05, 4.69) is 48.1 Å². The number of rotatable bonds is 7. The maximum absolute atomic E-state index is 3.61. The van der Waals surface area contributed by atoms with Crippen LogP contribution in [0.2, 0.25) is 0 Å². The highest BCUT2D eigenvalue weighted by Gasteiger charge is 2.11. The predicted molar refractivity (Wildman–Crippen MR) is 82.9 cm³/mol. The summed E-state index contributed by atoms with van der Waals surface area (Å²) in [4.78, 5) is 3.00. The van der Waals surface area contributed by atoms with E-state index in [-0.39, 0.29) is 0 Å². The molecule has 0 saturated heterocycles. The molecule has 0 spiro atoms. The molecule has 0 fully saturated rings. The van der Waals surface area contributed by atoms with Crippen LogP contribution in [-0.4, -0.2) is 12.6 Å². The Morgan fingerprint density at radius 3 is 2.56 bits per heavy atom. The van der Waals surface area contributed by atoms with E-state index in [1.54, 1.807) is 11.3 Å². The molecule has 0 saturated carbocycles. The van der Waals surface area contributed by atoms with Crippen LogP contribution in [0.15, 0.2) is 29.0 Å². The molecule has 1 nitrogen and oxygen atoms in total. The van der Waals surface area contributed by atoms with Gasteiger partial charge in [-0.15, -0.1) is 11.3 Å². The van der Waals surface area contributed by atoms with Gasteiger partial charge in [-0.1, -0.05) is 13.8 Å². The number of likely N-dealkylation sites (N-methyl/N-ethyl adjacent to an activating group) is 1. The van der Waals surface area contributed by atoms with Crippen LogP contribution in [-0.2, 0) is 19.3 Å². The summed E-state index contributed by atoms with van der Waals surface area (Å²) in [5, 5.41) is 8.03. The van der Waals surface area contributed by atoms with Crippen LogP contribution in [0.1, 0.15) is 29.2 Å². The molecule has 0 amide bonds. The lowest BCUT2D eigenvalue weighted by molar-refractivity contribution is 0.525. The smallest absolute Gasteiger partial charge is 0.0156 e. The van der Waals surface area contributed by atoms with Crippen molar-refractivity contribution in [1.29, 1.82) is 0 Å². The van der Waals surface area contributed by atoms with E-state index in [0.29, 0.717) is 6.04 Å². The van der Waals surface area contributed by atoms with Crippen LogP contribution in [0.3, 0.4) is 0 Å². The van der Waals surface area contributed by atoms with Gasteiger partial charge >= 0.3 is 0 Å². The Bertz CT molecular complexity index is 445. The van der Waals surface area contributed by atoms with Gasteiger partial charge < -0.3 is 5.32 Å². The van der Waals surface area contributed by atoms with Crippen LogP contribution in [0, 0.1) is 0 Å². The molecule has 18 heavy (non-hydrogen) atoms. The summed E-state index contributed by atoms with van der Waals surface area (Å²) in [6.07, 6.45) is 3.44. The molecule has 2 aromatic heterocycles. The highest BCUT2D eigenvalue weighted by Crippen LogP contribution is 2.20. The van der Waals surface area contributed by atoms with E-state index in [1.807, 2.05) is 11.3 Å². The maximum atomic E-state index is 3.61.